The van der Waals surface area contributed by atoms with Gasteiger partial charge in [0, 0.05) is 12.2 Å². The fourth-order valence-electron chi connectivity index (χ4n) is 1.73. The summed E-state index contributed by atoms with van der Waals surface area (Å²) < 4.78 is 0. The molecule has 0 saturated carbocycles. The van der Waals surface area contributed by atoms with Crippen LogP contribution in [0.4, 0.5) is 17.5 Å². The summed E-state index contributed by atoms with van der Waals surface area (Å²) in [7, 11) is 0. The predicted octanol–water partition coefficient (Wildman–Crippen LogP) is 4.31. The lowest BCUT2D eigenvalue weighted by Crippen LogP contribution is -2.06. The van der Waals surface area contributed by atoms with Crippen LogP contribution in [0.15, 0.2) is 24.4 Å². The van der Waals surface area contributed by atoms with Crippen molar-refractivity contribution in [2.75, 3.05) is 17.2 Å². The Balaban J connectivity index is 2.20. The molecule has 0 bridgehead atoms. The highest BCUT2D eigenvalue weighted by atomic mass is 35.5. The largest absolute Gasteiger partial charge is 0.354 e. The quantitative estimate of drug-likeness (QED) is 0.861. The van der Waals surface area contributed by atoms with Crippen molar-refractivity contribution < 1.29 is 0 Å². The van der Waals surface area contributed by atoms with E-state index < -0.39 is 0 Å². The standard InChI is InChI=1S/C15H19ClN4/c1-4-7-17-15-18-9-13(16)14(20-15)19-12-6-5-10(2)11(3)8-12/h5-6,8-9H,4,7H2,1-3H3,(H2,17,18,19,20). The number of benzene rings is 1. The third-order valence-electron chi connectivity index (χ3n) is 3.05. The van der Waals surface area contributed by atoms with Crippen LogP contribution in [0.2, 0.25) is 5.02 Å². The molecular formula is C15H19ClN4. The molecule has 1 aromatic carbocycles. The van der Waals surface area contributed by atoms with Crippen LogP contribution in [0.3, 0.4) is 0 Å². The molecule has 0 unspecified atom stereocenters. The highest BCUT2D eigenvalue weighted by molar-refractivity contribution is 6.32. The van der Waals surface area contributed by atoms with Crippen molar-refractivity contribution in [1.29, 1.82) is 0 Å². The van der Waals surface area contributed by atoms with E-state index in [1.165, 1.54) is 11.1 Å². The molecule has 0 atom stereocenters. The molecule has 2 rings (SSSR count). The van der Waals surface area contributed by atoms with Crippen LogP contribution in [0.25, 0.3) is 0 Å². The predicted molar refractivity (Wildman–Crippen MR) is 85.0 cm³/mol. The first kappa shape index (κ1) is 14.6. The molecule has 1 heterocycles. The van der Waals surface area contributed by atoms with Gasteiger partial charge in [0.2, 0.25) is 5.95 Å². The second-order valence-corrected chi connectivity index (χ2v) is 5.15. The van der Waals surface area contributed by atoms with E-state index in [2.05, 4.69) is 53.5 Å². The van der Waals surface area contributed by atoms with Crippen molar-refractivity contribution in [1.82, 2.24) is 9.97 Å². The van der Waals surface area contributed by atoms with E-state index in [0.29, 0.717) is 16.8 Å². The second kappa shape index (κ2) is 6.57. The maximum Gasteiger partial charge on any atom is 0.224 e. The first-order valence-electron chi connectivity index (χ1n) is 6.71. The van der Waals surface area contributed by atoms with E-state index in [4.69, 9.17) is 11.6 Å². The van der Waals surface area contributed by atoms with Crippen LogP contribution in [-0.2, 0) is 0 Å². The van der Waals surface area contributed by atoms with Crippen molar-refractivity contribution >= 4 is 29.1 Å². The number of aromatic nitrogens is 2. The molecule has 4 nitrogen and oxygen atoms in total. The maximum absolute atomic E-state index is 6.14. The highest BCUT2D eigenvalue weighted by Gasteiger charge is 2.06. The molecule has 20 heavy (non-hydrogen) atoms. The molecule has 0 radical (unpaired) electrons. The summed E-state index contributed by atoms with van der Waals surface area (Å²) in [6, 6.07) is 6.16. The van der Waals surface area contributed by atoms with E-state index in [1.54, 1.807) is 6.20 Å². The third kappa shape index (κ3) is 3.61. The van der Waals surface area contributed by atoms with E-state index in [-0.39, 0.29) is 0 Å². The van der Waals surface area contributed by atoms with Gasteiger partial charge < -0.3 is 10.6 Å². The second-order valence-electron chi connectivity index (χ2n) is 4.74. The van der Waals surface area contributed by atoms with Crippen molar-refractivity contribution in [2.45, 2.75) is 27.2 Å². The average Bonchev–Trinajstić information content (AvgIpc) is 2.44. The molecule has 1 aromatic heterocycles. The molecule has 0 amide bonds. The van der Waals surface area contributed by atoms with Gasteiger partial charge in [0.1, 0.15) is 5.02 Å². The van der Waals surface area contributed by atoms with Gasteiger partial charge in [-0.1, -0.05) is 24.6 Å². The van der Waals surface area contributed by atoms with Gasteiger partial charge in [-0.3, -0.25) is 0 Å². The van der Waals surface area contributed by atoms with E-state index >= 15 is 0 Å². The summed E-state index contributed by atoms with van der Waals surface area (Å²) in [5.74, 6) is 1.20. The molecule has 0 aliphatic rings. The van der Waals surface area contributed by atoms with Crippen LogP contribution in [-0.4, -0.2) is 16.5 Å². The van der Waals surface area contributed by atoms with E-state index in [0.717, 1.165) is 18.7 Å². The summed E-state index contributed by atoms with van der Waals surface area (Å²) in [5, 5.41) is 6.89. The van der Waals surface area contributed by atoms with Crippen molar-refractivity contribution in [3.63, 3.8) is 0 Å². The number of hydrogen-bond donors (Lipinski definition) is 2. The zero-order valence-corrected chi connectivity index (χ0v) is 12.8. The molecule has 2 aromatic rings. The fraction of sp³-hybridized carbons (Fsp3) is 0.333. The zero-order valence-electron chi connectivity index (χ0n) is 12.0. The highest BCUT2D eigenvalue weighted by Crippen LogP contribution is 2.24. The number of anilines is 3. The fourth-order valence-corrected chi connectivity index (χ4v) is 1.87. The Hall–Kier alpha value is -1.81. The molecular weight excluding hydrogens is 272 g/mol. The lowest BCUT2D eigenvalue weighted by atomic mass is 10.1. The van der Waals surface area contributed by atoms with E-state index in [1.807, 2.05) is 6.07 Å². The van der Waals surface area contributed by atoms with Gasteiger partial charge in [0.05, 0.1) is 6.20 Å². The van der Waals surface area contributed by atoms with Gasteiger partial charge in [0.15, 0.2) is 5.82 Å². The first-order valence-corrected chi connectivity index (χ1v) is 7.08. The molecule has 0 saturated heterocycles. The summed E-state index contributed by atoms with van der Waals surface area (Å²) in [6.45, 7) is 7.10. The zero-order chi connectivity index (χ0) is 14.5. The average molecular weight is 291 g/mol. The van der Waals surface area contributed by atoms with Crippen LogP contribution in [0.1, 0.15) is 24.5 Å². The van der Waals surface area contributed by atoms with Crippen molar-refractivity contribution in [3.05, 3.63) is 40.5 Å². The van der Waals surface area contributed by atoms with Gasteiger partial charge >= 0.3 is 0 Å². The number of nitrogens with one attached hydrogen (secondary N) is 2. The Morgan fingerprint density at radius 2 is 2.00 bits per heavy atom. The number of halogens is 1. The van der Waals surface area contributed by atoms with Crippen molar-refractivity contribution in [2.24, 2.45) is 0 Å². The number of nitrogens with zero attached hydrogens (tertiary/aromatic N) is 2. The minimum absolute atomic E-state index is 0.505. The normalized spacial score (nSPS) is 10.4. The van der Waals surface area contributed by atoms with Crippen LogP contribution < -0.4 is 10.6 Å². The summed E-state index contributed by atoms with van der Waals surface area (Å²) in [6.07, 6.45) is 2.63. The number of hydrogen-bond acceptors (Lipinski definition) is 4. The smallest absolute Gasteiger partial charge is 0.224 e. The monoisotopic (exact) mass is 290 g/mol. The summed E-state index contributed by atoms with van der Waals surface area (Å²) in [5.41, 5.74) is 3.45. The Bertz CT molecular complexity index is 598. The molecule has 0 aliphatic heterocycles. The van der Waals surface area contributed by atoms with Gasteiger partial charge in [-0.05, 0) is 43.5 Å². The minimum Gasteiger partial charge on any atom is -0.354 e. The Labute approximate surface area is 124 Å². The SMILES string of the molecule is CCCNc1ncc(Cl)c(Nc2ccc(C)c(C)c2)n1. The molecule has 5 heteroatoms. The molecule has 0 aliphatic carbocycles. The lowest BCUT2D eigenvalue weighted by molar-refractivity contribution is 0.953. The molecule has 0 spiro atoms. The minimum atomic E-state index is 0.505. The van der Waals surface area contributed by atoms with E-state index in [9.17, 15) is 0 Å². The molecule has 2 N–H and O–H groups in total. The first-order chi connectivity index (χ1) is 9.60. The number of aryl methyl sites for hydroxylation is 2. The van der Waals surface area contributed by atoms with Crippen LogP contribution in [0.5, 0.6) is 0 Å². The summed E-state index contributed by atoms with van der Waals surface area (Å²) in [4.78, 5) is 8.55. The lowest BCUT2D eigenvalue weighted by Gasteiger charge is -2.11. The maximum atomic E-state index is 6.14. The summed E-state index contributed by atoms with van der Waals surface area (Å²) >= 11 is 6.14. The topological polar surface area (TPSA) is 49.8 Å². The van der Waals surface area contributed by atoms with Crippen LogP contribution in [0, 0.1) is 13.8 Å². The molecule has 0 fully saturated rings. The molecule has 106 valence electrons. The Kier molecular flexibility index (Phi) is 4.79. The van der Waals surface area contributed by atoms with Crippen molar-refractivity contribution in [3.8, 4) is 0 Å². The van der Waals surface area contributed by atoms with Crippen LogP contribution >= 0.6 is 11.6 Å². The van der Waals surface area contributed by atoms with Gasteiger partial charge in [0.25, 0.3) is 0 Å². The van der Waals surface area contributed by atoms with Gasteiger partial charge in [-0.2, -0.15) is 4.98 Å². The Morgan fingerprint density at radius 1 is 1.20 bits per heavy atom. The van der Waals surface area contributed by atoms with Gasteiger partial charge in [-0.15, -0.1) is 0 Å². The third-order valence-corrected chi connectivity index (χ3v) is 3.32. The van der Waals surface area contributed by atoms with Gasteiger partial charge in [-0.25, -0.2) is 4.98 Å². The number of rotatable bonds is 5. The Morgan fingerprint density at radius 3 is 2.70 bits per heavy atom.